The van der Waals surface area contributed by atoms with Crippen molar-refractivity contribution in [2.75, 3.05) is 13.2 Å². The van der Waals surface area contributed by atoms with Crippen LogP contribution in [0.3, 0.4) is 0 Å². The molecule has 7 nitrogen and oxygen atoms in total. The van der Waals surface area contributed by atoms with Gasteiger partial charge >= 0.3 is 0 Å². The van der Waals surface area contributed by atoms with Gasteiger partial charge < -0.3 is 19.3 Å². The zero-order chi connectivity index (χ0) is 24.1. The Labute approximate surface area is 197 Å². The first-order valence-corrected chi connectivity index (χ1v) is 11.2. The highest BCUT2D eigenvalue weighted by molar-refractivity contribution is 6.46. The van der Waals surface area contributed by atoms with Gasteiger partial charge in [0.15, 0.2) is 0 Å². The third kappa shape index (κ3) is 4.85. The van der Waals surface area contributed by atoms with Crippen molar-refractivity contribution in [3.63, 3.8) is 0 Å². The number of carbonyl (C=O) groups excluding carboxylic acids is 2. The number of hydrogen-bond donors (Lipinski definition) is 1. The van der Waals surface area contributed by atoms with Crippen LogP contribution in [0.25, 0.3) is 5.76 Å². The fourth-order valence-corrected chi connectivity index (χ4v) is 4.06. The number of hydrogen-bond acceptors (Lipinski definition) is 5. The van der Waals surface area contributed by atoms with Crippen LogP contribution in [-0.2, 0) is 16.1 Å². The Morgan fingerprint density at radius 2 is 1.94 bits per heavy atom. The van der Waals surface area contributed by atoms with Crippen molar-refractivity contribution >= 4 is 17.4 Å². The lowest BCUT2D eigenvalue weighted by atomic mass is 9.95. The minimum absolute atomic E-state index is 0.0214. The van der Waals surface area contributed by atoms with E-state index in [0.29, 0.717) is 37.4 Å². The van der Waals surface area contributed by atoms with Gasteiger partial charge in [-0.3, -0.25) is 9.59 Å². The van der Waals surface area contributed by atoms with Crippen molar-refractivity contribution in [1.29, 1.82) is 0 Å². The van der Waals surface area contributed by atoms with E-state index >= 15 is 0 Å². The Hall–Kier alpha value is -3.94. The summed E-state index contributed by atoms with van der Waals surface area (Å²) in [6.45, 7) is 3.45. The van der Waals surface area contributed by atoms with E-state index in [0.717, 1.165) is 6.42 Å². The van der Waals surface area contributed by atoms with E-state index in [4.69, 9.17) is 4.74 Å². The van der Waals surface area contributed by atoms with Crippen molar-refractivity contribution in [2.24, 2.45) is 0 Å². The molecule has 0 spiro atoms. The summed E-state index contributed by atoms with van der Waals surface area (Å²) < 4.78 is 21.1. The van der Waals surface area contributed by atoms with Gasteiger partial charge in [0.2, 0.25) is 0 Å². The number of nitrogens with zero attached hydrogens (tertiary/aromatic N) is 3. The van der Waals surface area contributed by atoms with Crippen LogP contribution >= 0.6 is 0 Å². The molecule has 1 aliphatic heterocycles. The summed E-state index contributed by atoms with van der Waals surface area (Å²) in [5.41, 5.74) is 0.896. The van der Waals surface area contributed by atoms with Crippen molar-refractivity contribution in [3.05, 3.63) is 89.8 Å². The number of aromatic nitrogens is 2. The van der Waals surface area contributed by atoms with Gasteiger partial charge in [0.1, 0.15) is 17.3 Å². The first kappa shape index (κ1) is 23.2. The molecule has 2 aromatic carbocycles. The maximum atomic E-state index is 13.4. The number of aliphatic hydroxyl groups is 1. The number of carbonyl (C=O) groups is 2. The van der Waals surface area contributed by atoms with Gasteiger partial charge in [-0.25, -0.2) is 9.37 Å². The van der Waals surface area contributed by atoms with E-state index in [1.165, 1.54) is 29.2 Å². The zero-order valence-electron chi connectivity index (χ0n) is 18.9. The van der Waals surface area contributed by atoms with Crippen LogP contribution in [0.5, 0.6) is 5.75 Å². The Morgan fingerprint density at radius 1 is 1.15 bits per heavy atom. The number of Topliss-reactive ketones (excluding diaryl/α,β-unsaturated/α-hetero) is 1. The van der Waals surface area contributed by atoms with Gasteiger partial charge in [0, 0.05) is 31.0 Å². The second-order valence-electron chi connectivity index (χ2n) is 8.07. The Kier molecular flexibility index (Phi) is 7.06. The molecule has 1 fully saturated rings. The number of halogens is 1. The second kappa shape index (κ2) is 10.3. The van der Waals surface area contributed by atoms with Crippen molar-refractivity contribution < 1.29 is 23.8 Å². The van der Waals surface area contributed by atoms with Gasteiger partial charge in [-0.05, 0) is 54.8 Å². The van der Waals surface area contributed by atoms with E-state index in [1.54, 1.807) is 30.7 Å². The van der Waals surface area contributed by atoms with Crippen LogP contribution in [-0.4, -0.2) is 44.4 Å². The first-order chi connectivity index (χ1) is 16.5. The summed E-state index contributed by atoms with van der Waals surface area (Å²) in [5, 5.41) is 11.0. The van der Waals surface area contributed by atoms with E-state index in [2.05, 4.69) is 4.98 Å². The van der Waals surface area contributed by atoms with Crippen molar-refractivity contribution in [2.45, 2.75) is 32.4 Å². The predicted octanol–water partition coefficient (Wildman–Crippen LogP) is 4.32. The van der Waals surface area contributed by atoms with Gasteiger partial charge in [-0.15, -0.1) is 0 Å². The lowest BCUT2D eigenvalue weighted by Gasteiger charge is -2.25. The molecular weight excluding hydrogens is 437 g/mol. The third-order valence-corrected chi connectivity index (χ3v) is 5.68. The molecule has 1 amide bonds. The van der Waals surface area contributed by atoms with Gasteiger partial charge in [-0.2, -0.15) is 0 Å². The van der Waals surface area contributed by atoms with Crippen molar-refractivity contribution in [3.8, 4) is 5.75 Å². The Balaban J connectivity index is 1.73. The van der Waals surface area contributed by atoms with Crippen LogP contribution in [0.15, 0.2) is 72.8 Å². The fraction of sp³-hybridized carbons (Fsp3) is 0.269. The molecule has 1 saturated heterocycles. The highest BCUT2D eigenvalue weighted by Gasteiger charge is 2.45. The molecule has 176 valence electrons. The fourth-order valence-electron chi connectivity index (χ4n) is 4.06. The van der Waals surface area contributed by atoms with E-state index in [-0.39, 0.29) is 16.9 Å². The molecule has 2 heterocycles. The molecule has 8 heteroatoms. The molecule has 0 radical (unpaired) electrons. The maximum Gasteiger partial charge on any atom is 0.295 e. The second-order valence-corrected chi connectivity index (χ2v) is 8.07. The minimum atomic E-state index is -0.794. The highest BCUT2D eigenvalue weighted by atomic mass is 19.1. The lowest BCUT2D eigenvalue weighted by molar-refractivity contribution is -0.139. The number of likely N-dealkylation sites (tertiary alicyclic amines) is 1. The van der Waals surface area contributed by atoms with Crippen molar-refractivity contribution in [1.82, 2.24) is 14.5 Å². The molecule has 1 unspecified atom stereocenters. The topological polar surface area (TPSA) is 84.7 Å². The molecule has 4 rings (SSSR count). The van der Waals surface area contributed by atoms with Crippen LogP contribution in [0.1, 0.15) is 36.9 Å². The number of ether oxygens (including phenoxy) is 1. The molecule has 0 bridgehead atoms. The molecule has 3 aromatic rings. The molecule has 1 aliphatic rings. The number of amides is 1. The molecular formula is C26H26FN3O4. The van der Waals surface area contributed by atoms with Crippen LogP contribution in [0.2, 0.25) is 0 Å². The Morgan fingerprint density at radius 3 is 2.65 bits per heavy atom. The number of ketones is 1. The number of benzene rings is 2. The van der Waals surface area contributed by atoms with Gasteiger partial charge in [-0.1, -0.05) is 19.1 Å². The Bertz CT molecular complexity index is 1190. The summed E-state index contributed by atoms with van der Waals surface area (Å²) in [4.78, 5) is 31.7. The van der Waals surface area contributed by atoms with Crippen LogP contribution in [0, 0.1) is 5.82 Å². The van der Waals surface area contributed by atoms with E-state index in [9.17, 15) is 19.1 Å². The number of aryl methyl sites for hydroxylation is 1. The van der Waals surface area contributed by atoms with Crippen LogP contribution < -0.4 is 4.74 Å². The van der Waals surface area contributed by atoms with Gasteiger partial charge in [0.05, 0.1) is 24.5 Å². The lowest BCUT2D eigenvalue weighted by Crippen LogP contribution is -2.31. The molecule has 0 saturated carbocycles. The average Bonchev–Trinajstić information content (AvgIpc) is 3.45. The predicted molar refractivity (Wildman–Crippen MR) is 124 cm³/mol. The third-order valence-electron chi connectivity index (χ3n) is 5.68. The first-order valence-electron chi connectivity index (χ1n) is 11.2. The SMILES string of the molecule is CCCOc1cccc(C2/C(=C(\O)c3ccc(F)cc3)C(=O)C(=O)N2CCCn2ccnc2)c1. The molecule has 1 atom stereocenters. The molecule has 0 aliphatic carbocycles. The average molecular weight is 464 g/mol. The normalized spacial score (nSPS) is 17.4. The highest BCUT2D eigenvalue weighted by Crippen LogP contribution is 2.40. The quantitative estimate of drug-likeness (QED) is 0.290. The summed E-state index contributed by atoms with van der Waals surface area (Å²) in [5.74, 6) is -1.63. The monoisotopic (exact) mass is 463 g/mol. The number of aliphatic hydroxyl groups excluding tert-OH is 1. The van der Waals surface area contributed by atoms with Crippen LogP contribution in [0.4, 0.5) is 4.39 Å². The summed E-state index contributed by atoms with van der Waals surface area (Å²) >= 11 is 0. The smallest absolute Gasteiger partial charge is 0.295 e. The maximum absolute atomic E-state index is 13.4. The summed E-state index contributed by atoms with van der Waals surface area (Å²) in [7, 11) is 0. The molecule has 1 aromatic heterocycles. The summed E-state index contributed by atoms with van der Waals surface area (Å²) in [6, 6.07) is 11.6. The standard InChI is InChI=1S/C26H26FN3O4/c1-2-15-34-21-6-3-5-19(16-21)23-22(24(31)18-7-9-20(27)10-8-18)25(32)26(33)30(23)13-4-12-29-14-11-28-17-29/h3,5-11,14,16-17,23,31H,2,4,12-13,15H2,1H3/b24-22+. The molecule has 1 N–H and O–H groups in total. The van der Waals surface area contributed by atoms with E-state index in [1.807, 2.05) is 23.8 Å². The minimum Gasteiger partial charge on any atom is -0.507 e. The molecule has 34 heavy (non-hydrogen) atoms. The van der Waals surface area contributed by atoms with Gasteiger partial charge in [0.25, 0.3) is 11.7 Å². The largest absolute Gasteiger partial charge is 0.507 e. The number of imidazole rings is 1. The number of rotatable bonds is 9. The summed E-state index contributed by atoms with van der Waals surface area (Å²) in [6.07, 6.45) is 6.62. The zero-order valence-corrected chi connectivity index (χ0v) is 18.9. The van der Waals surface area contributed by atoms with E-state index < -0.39 is 23.5 Å².